The molecule has 2 rings (SSSR count). The monoisotopic (exact) mass is 263 g/mol. The first-order chi connectivity index (χ1) is 9.33. The van der Waals surface area contributed by atoms with Crippen LogP contribution < -0.4 is 14.8 Å². The molecule has 1 aromatic rings. The molecule has 0 aromatic heterocycles. The Labute approximate surface area is 116 Å². The van der Waals surface area contributed by atoms with Gasteiger partial charge in [0.15, 0.2) is 11.5 Å². The fraction of sp³-hybridized carbons (Fsp3) is 0.625. The number of nitrogens with one attached hydrogen (secondary N) is 1. The number of anilines is 1. The first-order valence-corrected chi connectivity index (χ1v) is 7.47. The minimum Gasteiger partial charge on any atom is -0.490 e. The maximum Gasteiger partial charge on any atom is 0.163 e. The van der Waals surface area contributed by atoms with Gasteiger partial charge in [0.05, 0.1) is 13.2 Å². The highest BCUT2D eigenvalue weighted by molar-refractivity contribution is 5.54. The molecule has 1 aliphatic rings. The SMILES string of the molecule is CCOc1ccc(NCC2CCCC2)cc1OCC. The molecule has 1 fully saturated rings. The van der Waals surface area contributed by atoms with Crippen molar-refractivity contribution < 1.29 is 9.47 Å². The average molecular weight is 263 g/mol. The quantitative estimate of drug-likeness (QED) is 0.804. The van der Waals surface area contributed by atoms with Gasteiger partial charge in [-0.05, 0) is 44.7 Å². The van der Waals surface area contributed by atoms with Gasteiger partial charge >= 0.3 is 0 Å². The molecule has 1 aromatic carbocycles. The standard InChI is InChI=1S/C16H25NO2/c1-3-18-15-10-9-14(11-16(15)19-4-2)17-12-13-7-5-6-8-13/h9-11,13,17H,3-8,12H2,1-2H3. The number of ether oxygens (including phenoxy) is 2. The molecule has 0 bridgehead atoms. The van der Waals surface area contributed by atoms with Gasteiger partial charge in [-0.1, -0.05) is 12.8 Å². The lowest BCUT2D eigenvalue weighted by Gasteiger charge is -2.15. The highest BCUT2D eigenvalue weighted by Crippen LogP contribution is 2.31. The van der Waals surface area contributed by atoms with Crippen LogP contribution >= 0.6 is 0 Å². The van der Waals surface area contributed by atoms with Crippen molar-refractivity contribution in [3.63, 3.8) is 0 Å². The molecule has 0 amide bonds. The maximum atomic E-state index is 5.64. The van der Waals surface area contributed by atoms with Gasteiger partial charge in [0.1, 0.15) is 0 Å². The summed E-state index contributed by atoms with van der Waals surface area (Å²) in [6.45, 7) is 6.37. The minimum atomic E-state index is 0.659. The summed E-state index contributed by atoms with van der Waals surface area (Å²) in [5, 5.41) is 3.52. The lowest BCUT2D eigenvalue weighted by Crippen LogP contribution is -2.11. The van der Waals surface area contributed by atoms with E-state index >= 15 is 0 Å². The molecule has 1 aliphatic carbocycles. The number of benzene rings is 1. The van der Waals surface area contributed by atoms with Crippen LogP contribution in [0, 0.1) is 5.92 Å². The van der Waals surface area contributed by atoms with Crippen LogP contribution in [0.1, 0.15) is 39.5 Å². The fourth-order valence-electron chi connectivity index (χ4n) is 2.64. The topological polar surface area (TPSA) is 30.5 Å². The molecule has 0 aliphatic heterocycles. The molecule has 3 heteroatoms. The predicted molar refractivity (Wildman–Crippen MR) is 79.2 cm³/mol. The van der Waals surface area contributed by atoms with Crippen molar-refractivity contribution in [3.05, 3.63) is 18.2 Å². The summed E-state index contributed by atoms with van der Waals surface area (Å²) in [7, 11) is 0. The Morgan fingerprint density at radius 3 is 2.42 bits per heavy atom. The van der Waals surface area contributed by atoms with Gasteiger partial charge in [-0.2, -0.15) is 0 Å². The summed E-state index contributed by atoms with van der Waals surface area (Å²) in [6, 6.07) is 6.11. The van der Waals surface area contributed by atoms with Crippen molar-refractivity contribution in [3.8, 4) is 11.5 Å². The van der Waals surface area contributed by atoms with E-state index in [0.717, 1.165) is 29.6 Å². The second-order valence-corrected chi connectivity index (χ2v) is 5.06. The van der Waals surface area contributed by atoms with Gasteiger partial charge in [0.25, 0.3) is 0 Å². The zero-order valence-corrected chi connectivity index (χ0v) is 12.1. The summed E-state index contributed by atoms with van der Waals surface area (Å²) in [6.07, 6.45) is 5.50. The molecular weight excluding hydrogens is 238 g/mol. The van der Waals surface area contributed by atoms with E-state index in [4.69, 9.17) is 9.47 Å². The summed E-state index contributed by atoms with van der Waals surface area (Å²) < 4.78 is 11.2. The summed E-state index contributed by atoms with van der Waals surface area (Å²) in [5.41, 5.74) is 1.12. The molecule has 1 saturated carbocycles. The van der Waals surface area contributed by atoms with Crippen LogP contribution in [0.3, 0.4) is 0 Å². The third-order valence-electron chi connectivity index (χ3n) is 3.61. The van der Waals surface area contributed by atoms with E-state index < -0.39 is 0 Å². The maximum absolute atomic E-state index is 5.64. The third-order valence-corrected chi connectivity index (χ3v) is 3.61. The van der Waals surface area contributed by atoms with Crippen molar-refractivity contribution >= 4 is 5.69 Å². The van der Waals surface area contributed by atoms with Gasteiger partial charge < -0.3 is 14.8 Å². The van der Waals surface area contributed by atoms with Gasteiger partial charge in [-0.25, -0.2) is 0 Å². The lowest BCUT2D eigenvalue weighted by atomic mass is 10.1. The lowest BCUT2D eigenvalue weighted by molar-refractivity contribution is 0.288. The summed E-state index contributed by atoms with van der Waals surface area (Å²) >= 11 is 0. The van der Waals surface area contributed by atoms with E-state index in [-0.39, 0.29) is 0 Å². The minimum absolute atomic E-state index is 0.659. The Balaban J connectivity index is 1.97. The van der Waals surface area contributed by atoms with Crippen molar-refractivity contribution in [1.82, 2.24) is 0 Å². The van der Waals surface area contributed by atoms with Gasteiger partial charge in [0.2, 0.25) is 0 Å². The fourth-order valence-corrected chi connectivity index (χ4v) is 2.64. The summed E-state index contributed by atoms with van der Waals surface area (Å²) in [4.78, 5) is 0. The van der Waals surface area contributed by atoms with Crippen molar-refractivity contribution in [2.75, 3.05) is 25.1 Å². The van der Waals surface area contributed by atoms with E-state index in [0.29, 0.717) is 13.2 Å². The number of hydrogen-bond donors (Lipinski definition) is 1. The second kappa shape index (κ2) is 7.27. The molecule has 3 nitrogen and oxygen atoms in total. The van der Waals surface area contributed by atoms with Gasteiger partial charge in [-0.15, -0.1) is 0 Å². The highest BCUT2D eigenvalue weighted by Gasteiger charge is 2.14. The Bertz CT molecular complexity index is 386. The average Bonchev–Trinajstić information content (AvgIpc) is 2.93. The van der Waals surface area contributed by atoms with Crippen molar-refractivity contribution in [2.24, 2.45) is 5.92 Å². The van der Waals surface area contributed by atoms with E-state index in [1.165, 1.54) is 25.7 Å². The van der Waals surface area contributed by atoms with E-state index in [1.807, 2.05) is 26.0 Å². The Kier molecular flexibility index (Phi) is 5.37. The largest absolute Gasteiger partial charge is 0.490 e. The van der Waals surface area contributed by atoms with Crippen LogP contribution in [0.4, 0.5) is 5.69 Å². The van der Waals surface area contributed by atoms with Crippen molar-refractivity contribution in [2.45, 2.75) is 39.5 Å². The number of hydrogen-bond acceptors (Lipinski definition) is 3. The predicted octanol–water partition coefficient (Wildman–Crippen LogP) is 4.09. The normalized spacial score (nSPS) is 15.5. The van der Waals surface area contributed by atoms with Crippen LogP contribution in [0.2, 0.25) is 0 Å². The summed E-state index contributed by atoms with van der Waals surface area (Å²) in [5.74, 6) is 2.50. The van der Waals surface area contributed by atoms with Crippen LogP contribution in [-0.2, 0) is 0 Å². The van der Waals surface area contributed by atoms with E-state index in [2.05, 4.69) is 11.4 Å². The van der Waals surface area contributed by atoms with Crippen LogP contribution in [-0.4, -0.2) is 19.8 Å². The van der Waals surface area contributed by atoms with E-state index in [9.17, 15) is 0 Å². The second-order valence-electron chi connectivity index (χ2n) is 5.06. The van der Waals surface area contributed by atoms with Gasteiger partial charge in [0, 0.05) is 18.3 Å². The van der Waals surface area contributed by atoms with Crippen LogP contribution in [0.15, 0.2) is 18.2 Å². The smallest absolute Gasteiger partial charge is 0.163 e. The zero-order valence-electron chi connectivity index (χ0n) is 12.1. The molecule has 0 atom stereocenters. The molecule has 106 valence electrons. The van der Waals surface area contributed by atoms with Crippen LogP contribution in [0.25, 0.3) is 0 Å². The zero-order chi connectivity index (χ0) is 13.5. The molecule has 0 radical (unpaired) electrons. The van der Waals surface area contributed by atoms with Crippen LogP contribution in [0.5, 0.6) is 11.5 Å². The molecule has 0 spiro atoms. The first-order valence-electron chi connectivity index (χ1n) is 7.47. The molecule has 19 heavy (non-hydrogen) atoms. The van der Waals surface area contributed by atoms with Crippen molar-refractivity contribution in [1.29, 1.82) is 0 Å². The van der Waals surface area contributed by atoms with E-state index in [1.54, 1.807) is 0 Å². The molecule has 1 N–H and O–H groups in total. The molecule has 0 heterocycles. The highest BCUT2D eigenvalue weighted by atomic mass is 16.5. The third kappa shape index (κ3) is 4.05. The molecule has 0 unspecified atom stereocenters. The first kappa shape index (κ1) is 14.0. The Hall–Kier alpha value is -1.38. The van der Waals surface area contributed by atoms with Gasteiger partial charge in [-0.3, -0.25) is 0 Å². The Morgan fingerprint density at radius 2 is 1.74 bits per heavy atom. The Morgan fingerprint density at radius 1 is 1.05 bits per heavy atom. The molecular formula is C16H25NO2. The number of rotatable bonds is 7. The molecule has 0 saturated heterocycles.